The molecule has 0 radical (unpaired) electrons. The summed E-state index contributed by atoms with van der Waals surface area (Å²) in [7, 11) is 1.58. The van der Waals surface area contributed by atoms with Crippen LogP contribution in [0.4, 0.5) is 15.6 Å². The number of urea groups is 1. The molecule has 2 amide bonds. The minimum atomic E-state index is -0.182. The molecule has 4 heterocycles. The summed E-state index contributed by atoms with van der Waals surface area (Å²) in [4.78, 5) is 24.4. The van der Waals surface area contributed by atoms with Gasteiger partial charge in [-0.2, -0.15) is 0 Å². The molecule has 156 valence electrons. The number of anilines is 2. The topological polar surface area (TPSA) is 91.4 Å². The summed E-state index contributed by atoms with van der Waals surface area (Å²) in [6, 6.07) is 1.72. The maximum absolute atomic E-state index is 12.2. The van der Waals surface area contributed by atoms with Crippen LogP contribution in [-0.4, -0.2) is 49.3 Å². The second kappa shape index (κ2) is 9.15. The lowest BCUT2D eigenvalue weighted by atomic mass is 9.98. The Morgan fingerprint density at radius 3 is 3.07 bits per heavy atom. The number of piperidine rings is 1. The van der Waals surface area contributed by atoms with Crippen LogP contribution >= 0.6 is 22.9 Å². The van der Waals surface area contributed by atoms with Gasteiger partial charge in [-0.1, -0.05) is 22.9 Å². The number of halogens is 1. The van der Waals surface area contributed by atoms with Gasteiger partial charge in [-0.3, -0.25) is 5.32 Å². The van der Waals surface area contributed by atoms with Crippen molar-refractivity contribution >= 4 is 39.8 Å². The number of nitrogens with zero attached hydrogens (tertiary/aromatic N) is 3. The van der Waals surface area contributed by atoms with Crippen LogP contribution in [0, 0.1) is 5.92 Å². The lowest BCUT2D eigenvalue weighted by molar-refractivity contribution is 0.248. The standard InChI is InChI=1S/C19H25ClN6O2S/c1-28-15-8-13(10-22-17(15)20)26-7-4-14-16(11-26)29-19(24-14)25-18(27)23-9-12-2-5-21-6-3-12/h8,10,12,21H,2-7,9,11H2,1H3,(H2,23,24,25,27). The molecule has 0 atom stereocenters. The molecule has 0 unspecified atom stereocenters. The van der Waals surface area contributed by atoms with E-state index in [4.69, 9.17) is 16.3 Å². The van der Waals surface area contributed by atoms with Gasteiger partial charge >= 0.3 is 6.03 Å². The number of ether oxygens (including phenoxy) is 1. The van der Waals surface area contributed by atoms with Crippen molar-refractivity contribution in [2.45, 2.75) is 25.8 Å². The summed E-state index contributed by atoms with van der Waals surface area (Å²) in [5, 5.41) is 10.2. The Kier molecular flexibility index (Phi) is 6.37. The molecule has 1 saturated heterocycles. The van der Waals surface area contributed by atoms with Crippen molar-refractivity contribution in [2.24, 2.45) is 5.92 Å². The number of hydrogen-bond donors (Lipinski definition) is 3. The average Bonchev–Trinajstić information content (AvgIpc) is 3.14. The zero-order valence-corrected chi connectivity index (χ0v) is 17.9. The largest absolute Gasteiger partial charge is 0.493 e. The van der Waals surface area contributed by atoms with Crippen LogP contribution in [0.15, 0.2) is 12.3 Å². The van der Waals surface area contributed by atoms with Crippen molar-refractivity contribution in [3.63, 3.8) is 0 Å². The fourth-order valence-electron chi connectivity index (χ4n) is 3.67. The first-order chi connectivity index (χ1) is 14.1. The SMILES string of the molecule is COc1cc(N2CCc3nc(NC(=O)NCC4CCNCC4)sc3C2)cnc1Cl. The molecule has 2 aromatic heterocycles. The van der Waals surface area contributed by atoms with Crippen LogP contribution in [0.1, 0.15) is 23.4 Å². The highest BCUT2D eigenvalue weighted by Gasteiger charge is 2.23. The number of nitrogens with one attached hydrogen (secondary N) is 3. The van der Waals surface area contributed by atoms with E-state index < -0.39 is 0 Å². The number of aromatic nitrogens is 2. The minimum absolute atomic E-state index is 0.182. The maximum Gasteiger partial charge on any atom is 0.321 e. The predicted octanol–water partition coefficient (Wildman–Crippen LogP) is 2.88. The van der Waals surface area contributed by atoms with E-state index in [1.807, 2.05) is 6.07 Å². The predicted molar refractivity (Wildman–Crippen MR) is 115 cm³/mol. The van der Waals surface area contributed by atoms with Crippen LogP contribution in [0.25, 0.3) is 0 Å². The lowest BCUT2D eigenvalue weighted by Gasteiger charge is -2.28. The lowest BCUT2D eigenvalue weighted by Crippen LogP contribution is -2.37. The molecule has 29 heavy (non-hydrogen) atoms. The van der Waals surface area contributed by atoms with Crippen molar-refractivity contribution in [3.8, 4) is 5.75 Å². The molecular formula is C19H25ClN6O2S. The number of amides is 2. The van der Waals surface area contributed by atoms with Crippen molar-refractivity contribution in [2.75, 3.05) is 43.5 Å². The molecule has 2 aliphatic rings. The zero-order valence-electron chi connectivity index (χ0n) is 16.3. The van der Waals surface area contributed by atoms with Crippen molar-refractivity contribution in [1.29, 1.82) is 0 Å². The molecule has 0 aliphatic carbocycles. The first kappa shape index (κ1) is 20.2. The van der Waals surface area contributed by atoms with Crippen LogP contribution in [0.5, 0.6) is 5.75 Å². The Morgan fingerprint density at radius 1 is 1.45 bits per heavy atom. The number of hydrogen-bond acceptors (Lipinski definition) is 7. The van der Waals surface area contributed by atoms with Crippen LogP contribution < -0.4 is 25.6 Å². The summed E-state index contributed by atoms with van der Waals surface area (Å²) in [6.45, 7) is 4.30. The number of carbonyl (C=O) groups is 1. The summed E-state index contributed by atoms with van der Waals surface area (Å²) in [5.74, 6) is 1.11. The van der Waals surface area contributed by atoms with E-state index in [0.717, 1.165) is 61.7 Å². The van der Waals surface area contributed by atoms with Crippen LogP contribution in [0.2, 0.25) is 5.15 Å². The van der Waals surface area contributed by atoms with Gasteiger partial charge in [-0.15, -0.1) is 0 Å². The number of methoxy groups -OCH3 is 1. The molecule has 1 fully saturated rings. The normalized spacial score (nSPS) is 17.0. The maximum atomic E-state index is 12.2. The Labute approximate surface area is 179 Å². The minimum Gasteiger partial charge on any atom is -0.493 e. The van der Waals surface area contributed by atoms with Gasteiger partial charge in [0.25, 0.3) is 0 Å². The molecule has 3 N–H and O–H groups in total. The third-order valence-electron chi connectivity index (χ3n) is 5.34. The van der Waals surface area contributed by atoms with Gasteiger partial charge < -0.3 is 20.3 Å². The molecule has 2 aliphatic heterocycles. The first-order valence-electron chi connectivity index (χ1n) is 9.81. The van der Waals surface area contributed by atoms with E-state index in [1.165, 1.54) is 11.3 Å². The van der Waals surface area contributed by atoms with Gasteiger partial charge in [0.05, 0.1) is 31.2 Å². The van der Waals surface area contributed by atoms with Crippen LogP contribution in [0.3, 0.4) is 0 Å². The molecular weight excluding hydrogens is 412 g/mol. The fourth-order valence-corrected chi connectivity index (χ4v) is 4.87. The van der Waals surface area contributed by atoms with Crippen molar-refractivity contribution in [3.05, 3.63) is 28.0 Å². The Hall–Kier alpha value is -2.10. The highest BCUT2D eigenvalue weighted by molar-refractivity contribution is 7.15. The first-order valence-corrected chi connectivity index (χ1v) is 11.0. The van der Waals surface area contributed by atoms with E-state index in [1.54, 1.807) is 13.3 Å². The van der Waals surface area contributed by atoms with E-state index in [2.05, 4.69) is 30.8 Å². The van der Waals surface area contributed by atoms with Gasteiger partial charge in [0.2, 0.25) is 0 Å². The molecule has 0 bridgehead atoms. The van der Waals surface area contributed by atoms with E-state index in [9.17, 15) is 4.79 Å². The molecule has 2 aromatic rings. The summed E-state index contributed by atoms with van der Waals surface area (Å²) in [6.07, 6.45) is 4.78. The molecule has 4 rings (SSSR count). The highest BCUT2D eigenvalue weighted by atomic mass is 35.5. The Balaban J connectivity index is 1.35. The summed E-state index contributed by atoms with van der Waals surface area (Å²) < 4.78 is 5.27. The average molecular weight is 437 g/mol. The molecule has 0 aromatic carbocycles. The molecule has 0 spiro atoms. The smallest absolute Gasteiger partial charge is 0.321 e. The summed E-state index contributed by atoms with van der Waals surface area (Å²) >= 11 is 7.56. The number of rotatable bonds is 5. The number of fused-ring (bicyclic) bond motifs is 1. The van der Waals surface area contributed by atoms with Crippen molar-refractivity contribution < 1.29 is 9.53 Å². The number of thiazole rings is 1. The summed E-state index contributed by atoms with van der Waals surface area (Å²) in [5.41, 5.74) is 2.01. The van der Waals surface area contributed by atoms with E-state index >= 15 is 0 Å². The zero-order chi connectivity index (χ0) is 20.2. The number of pyridine rings is 1. The fraction of sp³-hybridized carbons (Fsp3) is 0.526. The number of carbonyl (C=O) groups excluding carboxylic acids is 1. The highest BCUT2D eigenvalue weighted by Crippen LogP contribution is 2.33. The third-order valence-corrected chi connectivity index (χ3v) is 6.62. The van der Waals surface area contributed by atoms with Crippen LogP contribution in [-0.2, 0) is 13.0 Å². The Bertz CT molecular complexity index is 870. The van der Waals surface area contributed by atoms with Crippen molar-refractivity contribution in [1.82, 2.24) is 20.6 Å². The third kappa shape index (κ3) is 4.91. The Morgan fingerprint density at radius 2 is 2.28 bits per heavy atom. The van der Waals surface area contributed by atoms with Gasteiger partial charge in [-0.25, -0.2) is 14.8 Å². The van der Waals surface area contributed by atoms with Gasteiger partial charge in [-0.05, 0) is 31.8 Å². The molecule has 0 saturated carbocycles. The van der Waals surface area contributed by atoms with E-state index in [-0.39, 0.29) is 6.03 Å². The molecule has 8 nitrogen and oxygen atoms in total. The van der Waals surface area contributed by atoms with Gasteiger partial charge in [0.1, 0.15) is 0 Å². The second-order valence-corrected chi connectivity index (χ2v) is 8.72. The monoisotopic (exact) mass is 436 g/mol. The molecule has 10 heteroatoms. The quantitative estimate of drug-likeness (QED) is 0.624. The van der Waals surface area contributed by atoms with Gasteiger partial charge in [0, 0.05) is 30.5 Å². The van der Waals surface area contributed by atoms with Gasteiger partial charge in [0.15, 0.2) is 16.0 Å². The second-order valence-electron chi connectivity index (χ2n) is 7.28. The van der Waals surface area contributed by atoms with E-state index in [0.29, 0.717) is 28.5 Å².